The molecule has 1 aliphatic rings. The Morgan fingerprint density at radius 1 is 1.23 bits per heavy atom. The van der Waals surface area contributed by atoms with E-state index in [4.69, 9.17) is 0 Å². The maximum atomic E-state index is 11.3. The zero-order valence-electron chi connectivity index (χ0n) is 15.2. The standard InChI is InChI=1S/C21H23N3O2/c1-14-19(21(25)26)12-18(13-22)20(23-14)17-8-6-16(7-9-17)15(2)24-10-4-3-5-11-24/h6-9,12,15H,3-5,10-11H2,1-2H3,(H,25,26)/t15-/m1/s1. The molecule has 1 aromatic carbocycles. The number of nitrogens with zero attached hydrogens (tertiary/aromatic N) is 3. The molecule has 3 rings (SSSR count). The van der Waals surface area contributed by atoms with Gasteiger partial charge in [0, 0.05) is 11.6 Å². The number of hydrogen-bond donors (Lipinski definition) is 1. The molecule has 26 heavy (non-hydrogen) atoms. The summed E-state index contributed by atoms with van der Waals surface area (Å²) in [5.41, 5.74) is 3.37. The van der Waals surface area contributed by atoms with E-state index in [0.717, 1.165) is 18.7 Å². The minimum absolute atomic E-state index is 0.0700. The lowest BCUT2D eigenvalue weighted by Gasteiger charge is -2.32. The van der Waals surface area contributed by atoms with Crippen LogP contribution in [0.1, 0.15) is 59.4 Å². The van der Waals surface area contributed by atoms with E-state index >= 15 is 0 Å². The Balaban J connectivity index is 1.90. The van der Waals surface area contributed by atoms with Crippen molar-refractivity contribution >= 4 is 5.97 Å². The fourth-order valence-corrected chi connectivity index (χ4v) is 3.56. The van der Waals surface area contributed by atoms with Crippen molar-refractivity contribution in [2.45, 2.75) is 39.2 Å². The Hall–Kier alpha value is -2.71. The number of nitriles is 1. The number of aromatic nitrogens is 1. The Bertz CT molecular complexity index is 847. The van der Waals surface area contributed by atoms with Gasteiger partial charge in [0.1, 0.15) is 6.07 Å². The molecule has 0 radical (unpaired) electrons. The van der Waals surface area contributed by atoms with Gasteiger partial charge < -0.3 is 5.11 Å². The van der Waals surface area contributed by atoms with Crippen molar-refractivity contribution in [1.29, 1.82) is 5.26 Å². The van der Waals surface area contributed by atoms with Gasteiger partial charge in [0.05, 0.1) is 22.5 Å². The predicted molar refractivity (Wildman–Crippen MR) is 99.9 cm³/mol. The van der Waals surface area contributed by atoms with Crippen LogP contribution in [0.5, 0.6) is 0 Å². The summed E-state index contributed by atoms with van der Waals surface area (Å²) in [6.07, 6.45) is 3.83. The molecule has 1 N–H and O–H groups in total. The minimum Gasteiger partial charge on any atom is -0.478 e. The van der Waals surface area contributed by atoms with E-state index in [-0.39, 0.29) is 11.1 Å². The van der Waals surface area contributed by atoms with Crippen molar-refractivity contribution < 1.29 is 9.90 Å². The predicted octanol–water partition coefficient (Wildman–Crippen LogP) is 4.17. The van der Waals surface area contributed by atoms with Crippen LogP contribution in [-0.2, 0) is 0 Å². The van der Waals surface area contributed by atoms with E-state index in [1.165, 1.54) is 30.9 Å². The van der Waals surface area contributed by atoms with Gasteiger partial charge in [-0.3, -0.25) is 9.88 Å². The maximum absolute atomic E-state index is 11.3. The summed E-state index contributed by atoms with van der Waals surface area (Å²) < 4.78 is 0. The van der Waals surface area contributed by atoms with Crippen molar-refractivity contribution in [1.82, 2.24) is 9.88 Å². The Kier molecular flexibility index (Phi) is 5.34. The Labute approximate surface area is 153 Å². The average molecular weight is 349 g/mol. The van der Waals surface area contributed by atoms with Crippen LogP contribution in [0.3, 0.4) is 0 Å². The second kappa shape index (κ2) is 7.67. The summed E-state index contributed by atoms with van der Waals surface area (Å²) in [6.45, 7) is 6.16. The van der Waals surface area contributed by atoms with Crippen LogP contribution in [0.4, 0.5) is 0 Å². The van der Waals surface area contributed by atoms with E-state index in [1.54, 1.807) is 6.92 Å². The minimum atomic E-state index is -1.07. The zero-order chi connectivity index (χ0) is 18.7. The molecule has 134 valence electrons. The summed E-state index contributed by atoms with van der Waals surface area (Å²) in [5.74, 6) is -1.07. The van der Waals surface area contributed by atoms with Crippen molar-refractivity contribution in [2.24, 2.45) is 0 Å². The van der Waals surface area contributed by atoms with Crippen LogP contribution in [0.25, 0.3) is 11.3 Å². The second-order valence-corrected chi connectivity index (χ2v) is 6.83. The first-order valence-corrected chi connectivity index (χ1v) is 9.00. The van der Waals surface area contributed by atoms with Crippen LogP contribution >= 0.6 is 0 Å². The molecule has 0 spiro atoms. The summed E-state index contributed by atoms with van der Waals surface area (Å²) >= 11 is 0. The van der Waals surface area contributed by atoms with E-state index in [1.807, 2.05) is 12.1 Å². The molecule has 5 heteroatoms. The number of carboxylic acid groups (broad SMARTS) is 1. The van der Waals surface area contributed by atoms with Gasteiger partial charge in [0.25, 0.3) is 0 Å². The highest BCUT2D eigenvalue weighted by Gasteiger charge is 2.19. The van der Waals surface area contributed by atoms with Gasteiger partial charge in [-0.1, -0.05) is 30.7 Å². The van der Waals surface area contributed by atoms with Crippen molar-refractivity contribution in [2.75, 3.05) is 13.1 Å². The number of aromatic carboxylic acids is 1. The average Bonchev–Trinajstić information content (AvgIpc) is 2.67. The number of hydrogen-bond acceptors (Lipinski definition) is 4. The number of carbonyl (C=O) groups is 1. The summed E-state index contributed by atoms with van der Waals surface area (Å²) in [7, 11) is 0. The SMILES string of the molecule is Cc1nc(-c2ccc([C@@H](C)N3CCCCC3)cc2)c(C#N)cc1C(=O)O. The molecular weight excluding hydrogens is 326 g/mol. The lowest BCUT2D eigenvalue weighted by molar-refractivity contribution is 0.0695. The van der Waals surface area contributed by atoms with E-state index in [2.05, 4.69) is 35.0 Å². The summed E-state index contributed by atoms with van der Waals surface area (Å²) in [6, 6.07) is 11.9. The quantitative estimate of drug-likeness (QED) is 0.896. The van der Waals surface area contributed by atoms with Crippen LogP contribution < -0.4 is 0 Å². The number of likely N-dealkylation sites (tertiary alicyclic amines) is 1. The largest absolute Gasteiger partial charge is 0.478 e. The smallest absolute Gasteiger partial charge is 0.337 e. The van der Waals surface area contributed by atoms with Gasteiger partial charge in [-0.25, -0.2) is 4.79 Å². The number of benzene rings is 1. The zero-order valence-corrected chi connectivity index (χ0v) is 15.2. The molecule has 0 amide bonds. The molecule has 1 aliphatic heterocycles. The molecule has 2 aromatic rings. The van der Waals surface area contributed by atoms with Gasteiger partial charge in [0.2, 0.25) is 0 Å². The van der Waals surface area contributed by atoms with Crippen LogP contribution in [-0.4, -0.2) is 34.0 Å². The normalized spacial score (nSPS) is 16.0. The fraction of sp³-hybridized carbons (Fsp3) is 0.381. The van der Waals surface area contributed by atoms with Gasteiger partial charge in [-0.05, 0) is 51.4 Å². The third-order valence-electron chi connectivity index (χ3n) is 5.17. The van der Waals surface area contributed by atoms with Crippen LogP contribution in [0.2, 0.25) is 0 Å². The Morgan fingerprint density at radius 3 is 2.46 bits per heavy atom. The number of rotatable bonds is 4. The highest BCUT2D eigenvalue weighted by atomic mass is 16.4. The molecule has 2 heterocycles. The Morgan fingerprint density at radius 2 is 1.88 bits per heavy atom. The number of piperidine rings is 1. The van der Waals surface area contributed by atoms with Gasteiger partial charge in [-0.15, -0.1) is 0 Å². The molecular formula is C21H23N3O2. The van der Waals surface area contributed by atoms with E-state index in [9.17, 15) is 15.2 Å². The summed E-state index contributed by atoms with van der Waals surface area (Å²) in [5, 5.41) is 18.6. The van der Waals surface area contributed by atoms with Crippen molar-refractivity contribution in [3.05, 3.63) is 52.7 Å². The molecule has 1 aromatic heterocycles. The lowest BCUT2D eigenvalue weighted by Crippen LogP contribution is -2.32. The molecule has 1 fully saturated rings. The molecule has 1 saturated heterocycles. The molecule has 0 bridgehead atoms. The molecule has 5 nitrogen and oxygen atoms in total. The molecule has 1 atom stereocenters. The summed E-state index contributed by atoms with van der Waals surface area (Å²) in [4.78, 5) is 18.1. The highest BCUT2D eigenvalue weighted by molar-refractivity contribution is 5.90. The van der Waals surface area contributed by atoms with E-state index < -0.39 is 5.97 Å². The van der Waals surface area contributed by atoms with Crippen LogP contribution in [0, 0.1) is 18.3 Å². The fourth-order valence-electron chi connectivity index (χ4n) is 3.56. The maximum Gasteiger partial charge on any atom is 0.337 e. The topological polar surface area (TPSA) is 77.2 Å². The van der Waals surface area contributed by atoms with Crippen molar-refractivity contribution in [3.63, 3.8) is 0 Å². The van der Waals surface area contributed by atoms with Gasteiger partial charge in [-0.2, -0.15) is 5.26 Å². The number of pyridine rings is 1. The highest BCUT2D eigenvalue weighted by Crippen LogP contribution is 2.28. The van der Waals surface area contributed by atoms with Gasteiger partial charge in [0.15, 0.2) is 0 Å². The molecule has 0 aliphatic carbocycles. The number of carboxylic acids is 1. The van der Waals surface area contributed by atoms with Crippen LogP contribution in [0.15, 0.2) is 30.3 Å². The first-order chi connectivity index (χ1) is 12.5. The third kappa shape index (κ3) is 3.61. The molecule has 0 saturated carbocycles. The first-order valence-electron chi connectivity index (χ1n) is 9.00. The third-order valence-corrected chi connectivity index (χ3v) is 5.17. The van der Waals surface area contributed by atoms with E-state index in [0.29, 0.717) is 17.4 Å². The lowest BCUT2D eigenvalue weighted by atomic mass is 9.98. The first kappa shape index (κ1) is 18.1. The number of aryl methyl sites for hydroxylation is 1. The second-order valence-electron chi connectivity index (χ2n) is 6.83. The monoisotopic (exact) mass is 349 g/mol. The van der Waals surface area contributed by atoms with Crippen molar-refractivity contribution in [3.8, 4) is 17.3 Å². The molecule has 0 unspecified atom stereocenters. The van der Waals surface area contributed by atoms with Gasteiger partial charge >= 0.3 is 5.97 Å².